The Morgan fingerprint density at radius 3 is 2.33 bits per heavy atom. The molecule has 5 nitrogen and oxygen atoms in total. The van der Waals surface area contributed by atoms with Gasteiger partial charge in [-0.05, 0) is 56.3 Å². The summed E-state index contributed by atoms with van der Waals surface area (Å²) in [6, 6.07) is 1.88. The number of ether oxygens (including phenoxy) is 1. The zero-order valence-electron chi connectivity index (χ0n) is 12.6. The van der Waals surface area contributed by atoms with E-state index in [9.17, 15) is 0 Å². The molecule has 4 saturated carbocycles. The smallest absolute Gasteiger partial charge is 0.144 e. The van der Waals surface area contributed by atoms with Gasteiger partial charge in [0.05, 0.1) is 12.3 Å². The number of hydrazine groups is 1. The van der Waals surface area contributed by atoms with Gasteiger partial charge in [-0.25, -0.2) is 15.8 Å². The van der Waals surface area contributed by atoms with Crippen molar-refractivity contribution in [2.45, 2.75) is 50.5 Å². The number of nitrogens with one attached hydrogen (secondary N) is 1. The molecule has 1 aromatic heterocycles. The highest BCUT2D eigenvalue weighted by Gasteiger charge is 2.53. The number of anilines is 1. The molecule has 1 heterocycles. The normalized spacial score (nSPS) is 37.0. The lowest BCUT2D eigenvalue weighted by Crippen LogP contribution is -2.49. The number of nitrogen functional groups attached to an aromatic ring is 1. The molecule has 0 spiro atoms. The zero-order valence-corrected chi connectivity index (χ0v) is 12.6. The van der Waals surface area contributed by atoms with Crippen LogP contribution in [0.25, 0.3) is 0 Å². The maximum absolute atomic E-state index is 5.59. The number of nitrogens with two attached hydrogens (primary N) is 1. The molecule has 4 bridgehead atoms. The van der Waals surface area contributed by atoms with Crippen molar-refractivity contribution in [2.75, 3.05) is 12.5 Å². The third kappa shape index (κ3) is 2.23. The minimum absolute atomic E-state index is 0.199. The van der Waals surface area contributed by atoms with E-state index in [0.29, 0.717) is 12.4 Å². The highest BCUT2D eigenvalue weighted by molar-refractivity contribution is 5.36. The van der Waals surface area contributed by atoms with Crippen LogP contribution in [0.15, 0.2) is 6.07 Å². The van der Waals surface area contributed by atoms with E-state index in [1.54, 1.807) is 7.11 Å². The minimum Gasteiger partial charge on any atom is -0.378 e. The minimum atomic E-state index is 0.199. The second-order valence-electron chi connectivity index (χ2n) is 7.34. The van der Waals surface area contributed by atoms with Crippen LogP contribution in [-0.2, 0) is 16.8 Å². The molecule has 4 fully saturated rings. The first-order valence-electron chi connectivity index (χ1n) is 8.05. The van der Waals surface area contributed by atoms with Gasteiger partial charge < -0.3 is 10.2 Å². The fraction of sp³-hybridized carbons (Fsp3) is 0.750. The standard InChI is InChI=1S/C16H24N4O/c1-21-9-13-5-14(20-17)19-15(18-13)16-6-10-2-11(7-16)4-12(3-10)8-16/h5,10-12H,2-4,6-9,17H2,1H3,(H,18,19,20). The summed E-state index contributed by atoms with van der Waals surface area (Å²) in [7, 11) is 1.70. The summed E-state index contributed by atoms with van der Waals surface area (Å²) < 4.78 is 5.24. The van der Waals surface area contributed by atoms with Crippen molar-refractivity contribution in [3.63, 3.8) is 0 Å². The lowest BCUT2D eigenvalue weighted by atomic mass is 9.49. The summed E-state index contributed by atoms with van der Waals surface area (Å²) in [5.41, 5.74) is 3.81. The van der Waals surface area contributed by atoms with Gasteiger partial charge in [0.1, 0.15) is 11.6 Å². The Bertz CT molecular complexity index is 510. The number of hydrogen-bond donors (Lipinski definition) is 2. The predicted octanol–water partition coefficient (Wildman–Crippen LogP) is 2.38. The summed E-state index contributed by atoms with van der Waals surface area (Å²) in [6.07, 6.45) is 8.08. The molecule has 0 aromatic carbocycles. The van der Waals surface area contributed by atoms with Crippen LogP contribution in [0.5, 0.6) is 0 Å². The molecule has 114 valence electrons. The van der Waals surface area contributed by atoms with Crippen LogP contribution < -0.4 is 11.3 Å². The van der Waals surface area contributed by atoms with Crippen LogP contribution in [0.1, 0.15) is 50.0 Å². The fourth-order valence-electron chi connectivity index (χ4n) is 5.41. The summed E-state index contributed by atoms with van der Waals surface area (Å²) >= 11 is 0. The second kappa shape index (κ2) is 4.92. The van der Waals surface area contributed by atoms with E-state index >= 15 is 0 Å². The van der Waals surface area contributed by atoms with E-state index in [0.717, 1.165) is 29.3 Å². The predicted molar refractivity (Wildman–Crippen MR) is 80.4 cm³/mol. The lowest BCUT2D eigenvalue weighted by molar-refractivity contribution is -0.00956. The average molecular weight is 288 g/mol. The van der Waals surface area contributed by atoms with Crippen molar-refractivity contribution < 1.29 is 4.74 Å². The average Bonchev–Trinajstić information content (AvgIpc) is 2.46. The number of hydrogen-bond acceptors (Lipinski definition) is 5. The van der Waals surface area contributed by atoms with Crippen molar-refractivity contribution >= 4 is 5.82 Å². The highest BCUT2D eigenvalue weighted by Crippen LogP contribution is 2.60. The van der Waals surface area contributed by atoms with Gasteiger partial charge in [-0.15, -0.1) is 0 Å². The summed E-state index contributed by atoms with van der Waals surface area (Å²) in [4.78, 5) is 9.55. The summed E-state index contributed by atoms with van der Waals surface area (Å²) in [5, 5.41) is 0. The Labute approximate surface area is 125 Å². The molecular formula is C16H24N4O. The number of rotatable bonds is 4. The first-order valence-corrected chi connectivity index (χ1v) is 8.05. The fourth-order valence-corrected chi connectivity index (χ4v) is 5.41. The van der Waals surface area contributed by atoms with Gasteiger partial charge in [0, 0.05) is 18.6 Å². The molecule has 0 atom stereocenters. The number of aromatic nitrogens is 2. The molecule has 0 radical (unpaired) electrons. The van der Waals surface area contributed by atoms with Gasteiger partial charge in [0.2, 0.25) is 0 Å². The monoisotopic (exact) mass is 288 g/mol. The Morgan fingerprint density at radius 2 is 1.81 bits per heavy atom. The van der Waals surface area contributed by atoms with Gasteiger partial charge in [0.15, 0.2) is 0 Å². The molecule has 0 unspecified atom stereocenters. The topological polar surface area (TPSA) is 73.1 Å². The molecule has 0 saturated heterocycles. The molecule has 4 aliphatic rings. The first-order chi connectivity index (χ1) is 10.2. The van der Waals surface area contributed by atoms with Crippen molar-refractivity contribution in [3.8, 4) is 0 Å². The van der Waals surface area contributed by atoms with Crippen LogP contribution in [0.2, 0.25) is 0 Å². The maximum atomic E-state index is 5.59. The lowest BCUT2D eigenvalue weighted by Gasteiger charge is -2.56. The van der Waals surface area contributed by atoms with Crippen LogP contribution in [0, 0.1) is 17.8 Å². The summed E-state index contributed by atoms with van der Waals surface area (Å²) in [6.45, 7) is 0.510. The SMILES string of the molecule is COCc1cc(NN)nc(C23CC4CC(CC(C4)C2)C3)n1. The van der Waals surface area contributed by atoms with Gasteiger partial charge in [-0.2, -0.15) is 0 Å². The number of nitrogens with zero attached hydrogens (tertiary/aromatic N) is 2. The molecule has 5 heteroatoms. The van der Waals surface area contributed by atoms with E-state index in [4.69, 9.17) is 20.5 Å². The third-order valence-electron chi connectivity index (χ3n) is 5.73. The largest absolute Gasteiger partial charge is 0.378 e. The molecular weight excluding hydrogens is 264 g/mol. The van der Waals surface area contributed by atoms with Crippen LogP contribution in [-0.4, -0.2) is 17.1 Å². The molecule has 0 aliphatic heterocycles. The molecule has 4 aliphatic carbocycles. The molecule has 5 rings (SSSR count). The molecule has 1 aromatic rings. The van der Waals surface area contributed by atoms with Crippen molar-refractivity contribution in [2.24, 2.45) is 23.6 Å². The molecule has 3 N–H and O–H groups in total. The van der Waals surface area contributed by atoms with E-state index in [1.165, 1.54) is 38.5 Å². The Morgan fingerprint density at radius 1 is 1.19 bits per heavy atom. The van der Waals surface area contributed by atoms with Crippen molar-refractivity contribution in [3.05, 3.63) is 17.6 Å². The summed E-state index contributed by atoms with van der Waals surface area (Å²) in [5.74, 6) is 9.98. The third-order valence-corrected chi connectivity index (χ3v) is 5.73. The van der Waals surface area contributed by atoms with Crippen molar-refractivity contribution in [1.82, 2.24) is 9.97 Å². The molecule has 21 heavy (non-hydrogen) atoms. The van der Waals surface area contributed by atoms with E-state index < -0.39 is 0 Å². The Hall–Kier alpha value is -1.20. The zero-order chi connectivity index (χ0) is 14.4. The Balaban J connectivity index is 1.73. The van der Waals surface area contributed by atoms with E-state index in [2.05, 4.69) is 5.43 Å². The van der Waals surface area contributed by atoms with Crippen LogP contribution in [0.4, 0.5) is 5.82 Å². The quantitative estimate of drug-likeness (QED) is 0.657. The van der Waals surface area contributed by atoms with Crippen LogP contribution in [0.3, 0.4) is 0 Å². The van der Waals surface area contributed by atoms with Gasteiger partial charge in [-0.3, -0.25) is 0 Å². The second-order valence-corrected chi connectivity index (χ2v) is 7.34. The number of methoxy groups -OCH3 is 1. The Kier molecular flexibility index (Phi) is 3.15. The van der Waals surface area contributed by atoms with Gasteiger partial charge in [0.25, 0.3) is 0 Å². The van der Waals surface area contributed by atoms with Gasteiger partial charge >= 0.3 is 0 Å². The van der Waals surface area contributed by atoms with Crippen molar-refractivity contribution in [1.29, 1.82) is 0 Å². The first kappa shape index (κ1) is 13.5. The molecule has 0 amide bonds. The van der Waals surface area contributed by atoms with E-state index in [1.807, 2.05) is 6.07 Å². The van der Waals surface area contributed by atoms with Crippen LogP contribution >= 0.6 is 0 Å². The van der Waals surface area contributed by atoms with E-state index in [-0.39, 0.29) is 5.41 Å². The maximum Gasteiger partial charge on any atom is 0.144 e. The highest BCUT2D eigenvalue weighted by atomic mass is 16.5. The van der Waals surface area contributed by atoms with Gasteiger partial charge in [-0.1, -0.05) is 0 Å².